The molecule has 6 aromatic rings. The number of carbonyl (C=O) groups excluding carboxylic acids is 2. The number of aliphatic hydroxyl groups is 1. The van der Waals surface area contributed by atoms with Gasteiger partial charge in [-0.1, -0.05) is 26.0 Å². The van der Waals surface area contributed by atoms with Crippen LogP contribution in [0.3, 0.4) is 0 Å². The summed E-state index contributed by atoms with van der Waals surface area (Å²) in [6.45, 7) is 7.59. The number of anilines is 2. The first-order chi connectivity index (χ1) is 26.4. The van der Waals surface area contributed by atoms with Crippen molar-refractivity contribution in [3.05, 3.63) is 82.2 Å². The molecule has 0 spiro atoms. The van der Waals surface area contributed by atoms with Crippen LogP contribution in [0, 0.1) is 13.8 Å². The van der Waals surface area contributed by atoms with Gasteiger partial charge in [-0.2, -0.15) is 0 Å². The van der Waals surface area contributed by atoms with Gasteiger partial charge in [0.1, 0.15) is 28.8 Å². The number of carbonyl (C=O) groups is 3. The van der Waals surface area contributed by atoms with Gasteiger partial charge in [0.25, 0.3) is 11.8 Å². The number of nitrogens with two attached hydrogens (primary N) is 1. The van der Waals surface area contributed by atoms with Crippen LogP contribution in [-0.4, -0.2) is 70.3 Å². The second-order valence-electron chi connectivity index (χ2n) is 12.7. The Morgan fingerprint density at radius 3 is 1.75 bits per heavy atom. The maximum absolute atomic E-state index is 13.5. The zero-order chi connectivity index (χ0) is 39.0. The van der Waals surface area contributed by atoms with Crippen molar-refractivity contribution in [2.24, 2.45) is 5.73 Å². The number of amides is 2. The third-order valence-electron chi connectivity index (χ3n) is 8.91. The third kappa shape index (κ3) is 7.24. The maximum Gasteiger partial charge on any atom is 0.335 e. The predicted octanol–water partition coefficient (Wildman–Crippen LogP) is 4.67. The lowest BCUT2D eigenvalue weighted by atomic mass is 10.1. The fourth-order valence-corrected chi connectivity index (χ4v) is 6.42. The highest BCUT2D eigenvalue weighted by atomic mass is 16.5. The van der Waals surface area contributed by atoms with E-state index in [-0.39, 0.29) is 66.6 Å². The number of hydrogen-bond donors (Lipinski definition) is 5. The second-order valence-corrected chi connectivity index (χ2v) is 12.7. The molecule has 0 aliphatic carbocycles. The van der Waals surface area contributed by atoms with E-state index in [0.29, 0.717) is 70.3 Å². The third-order valence-corrected chi connectivity index (χ3v) is 8.91. The Morgan fingerprint density at radius 1 is 0.782 bits per heavy atom. The predicted molar refractivity (Wildman–Crippen MR) is 197 cm³/mol. The molecule has 0 saturated carbocycles. The number of aryl methyl sites for hydroxylation is 4. The molecule has 1 unspecified atom stereocenters. The number of carboxylic acid groups (broad SMARTS) is 1. The topological polar surface area (TPSA) is 248 Å². The lowest BCUT2D eigenvalue weighted by Crippen LogP contribution is -2.17. The van der Waals surface area contributed by atoms with E-state index in [9.17, 15) is 24.6 Å². The molecule has 2 aromatic carbocycles. The molecule has 1 aliphatic rings. The minimum absolute atomic E-state index is 0.0458. The molecule has 55 heavy (non-hydrogen) atoms. The van der Waals surface area contributed by atoms with Crippen LogP contribution in [0.5, 0.6) is 11.5 Å². The molecule has 18 nitrogen and oxygen atoms in total. The average Bonchev–Trinajstić information content (AvgIpc) is 3.91. The van der Waals surface area contributed by atoms with Crippen LogP contribution >= 0.6 is 0 Å². The second kappa shape index (κ2) is 15.1. The summed E-state index contributed by atoms with van der Waals surface area (Å²) in [5.74, 6) is -0.631. The fourth-order valence-electron chi connectivity index (χ4n) is 6.42. The molecule has 1 atom stereocenters. The molecular weight excluding hydrogens is 714 g/mol. The maximum atomic E-state index is 13.5. The Kier molecular flexibility index (Phi) is 10.1. The van der Waals surface area contributed by atoms with Gasteiger partial charge in [-0.3, -0.25) is 20.2 Å². The summed E-state index contributed by atoms with van der Waals surface area (Å²) >= 11 is 0. The standard InChI is InChI=1S/C37H39N9O9/c1-5-22-30(54-18(3)39-22)33(48)43-36-41-24-14-20(32(38)47)16-26-28(24)45(36)10-7-8-11-46-29-25(15-21(35(50)51)17-27(29)53-13-9-12-52-26)42-37(46)44-34(49)31-23(6-2)40-19(4)55-31/h7-8,14-17,32,47H,5-6,9-13,38H2,1-4H3,(H,50,51)(H,41,43,48)(H,42,44,49)/b8-7+. The zero-order valence-electron chi connectivity index (χ0n) is 30.5. The Hall–Kier alpha value is -6.53. The molecule has 0 saturated heterocycles. The monoisotopic (exact) mass is 753 g/mol. The number of carboxylic acids is 1. The van der Waals surface area contributed by atoms with E-state index in [4.69, 9.17) is 29.0 Å². The van der Waals surface area contributed by atoms with E-state index < -0.39 is 24.0 Å². The van der Waals surface area contributed by atoms with Crippen LogP contribution in [0.1, 0.15) is 86.7 Å². The summed E-state index contributed by atoms with van der Waals surface area (Å²) in [4.78, 5) is 57.1. The van der Waals surface area contributed by atoms with Gasteiger partial charge < -0.3 is 43.4 Å². The van der Waals surface area contributed by atoms with Crippen molar-refractivity contribution in [2.45, 2.75) is 66.3 Å². The van der Waals surface area contributed by atoms with Gasteiger partial charge in [0.15, 0.2) is 11.8 Å². The van der Waals surface area contributed by atoms with Gasteiger partial charge in [0.05, 0.1) is 41.2 Å². The zero-order valence-corrected chi connectivity index (χ0v) is 30.5. The molecule has 4 aromatic heterocycles. The van der Waals surface area contributed by atoms with Gasteiger partial charge in [-0.25, -0.2) is 24.7 Å². The van der Waals surface area contributed by atoms with Crippen molar-refractivity contribution >= 4 is 51.7 Å². The van der Waals surface area contributed by atoms with Crippen molar-refractivity contribution in [1.29, 1.82) is 0 Å². The first kappa shape index (κ1) is 36.8. The van der Waals surface area contributed by atoms with Gasteiger partial charge in [0, 0.05) is 38.9 Å². The number of ether oxygens (including phenoxy) is 2. The van der Waals surface area contributed by atoms with E-state index in [0.717, 1.165) is 0 Å². The molecule has 5 heterocycles. The highest BCUT2D eigenvalue weighted by molar-refractivity contribution is 6.04. The number of nitrogens with one attached hydrogen (secondary N) is 2. The highest BCUT2D eigenvalue weighted by Gasteiger charge is 2.26. The number of aliphatic hydroxyl groups excluding tert-OH is 1. The number of rotatable bonds is 8. The highest BCUT2D eigenvalue weighted by Crippen LogP contribution is 2.34. The van der Waals surface area contributed by atoms with Gasteiger partial charge >= 0.3 is 5.97 Å². The molecule has 6 N–H and O–H groups in total. The number of nitrogens with zero attached hydrogens (tertiary/aromatic N) is 6. The van der Waals surface area contributed by atoms with E-state index >= 15 is 0 Å². The number of aromatic carboxylic acids is 1. The molecule has 0 fully saturated rings. The number of benzene rings is 2. The summed E-state index contributed by atoms with van der Waals surface area (Å²) in [6, 6.07) is 6.05. The first-order valence-corrected chi connectivity index (χ1v) is 17.7. The summed E-state index contributed by atoms with van der Waals surface area (Å²) < 4.78 is 27.1. The molecular formula is C37H39N9O9. The molecule has 18 heteroatoms. The minimum atomic E-state index is -1.33. The minimum Gasteiger partial charge on any atom is -0.491 e. The number of oxazole rings is 2. The van der Waals surface area contributed by atoms with Gasteiger partial charge in [-0.05, 0) is 37.1 Å². The average molecular weight is 754 g/mol. The van der Waals surface area contributed by atoms with Crippen molar-refractivity contribution in [1.82, 2.24) is 29.1 Å². The van der Waals surface area contributed by atoms with Crippen LogP contribution in [-0.2, 0) is 25.9 Å². The summed E-state index contributed by atoms with van der Waals surface area (Å²) in [6.07, 6.45) is 3.58. The van der Waals surface area contributed by atoms with Crippen molar-refractivity contribution < 1.29 is 42.9 Å². The first-order valence-electron chi connectivity index (χ1n) is 17.7. The lowest BCUT2D eigenvalue weighted by Gasteiger charge is -2.14. The SMILES string of the molecule is CCc1nc(C)oc1C(=O)Nc1nc2cc(C(=O)O)cc3c2n1C/C=C/Cn1c(NC(=O)c2oc(C)nc2CC)nc2cc(C(N)O)cc(c21)OCCCO3. The van der Waals surface area contributed by atoms with Gasteiger partial charge in [-0.15, -0.1) is 0 Å². The van der Waals surface area contributed by atoms with Crippen LogP contribution in [0.15, 0.2) is 45.3 Å². The van der Waals surface area contributed by atoms with E-state index in [1.54, 1.807) is 35.1 Å². The smallest absolute Gasteiger partial charge is 0.335 e. The molecule has 1 aliphatic heterocycles. The summed E-state index contributed by atoms with van der Waals surface area (Å²) in [7, 11) is 0. The van der Waals surface area contributed by atoms with Crippen LogP contribution in [0.25, 0.3) is 22.1 Å². The summed E-state index contributed by atoms with van der Waals surface area (Å²) in [5, 5.41) is 25.9. The van der Waals surface area contributed by atoms with Crippen molar-refractivity contribution in [3.63, 3.8) is 0 Å². The van der Waals surface area contributed by atoms with Crippen molar-refractivity contribution in [3.8, 4) is 11.5 Å². The van der Waals surface area contributed by atoms with E-state index in [1.165, 1.54) is 12.1 Å². The Morgan fingerprint density at radius 2 is 1.27 bits per heavy atom. The van der Waals surface area contributed by atoms with Crippen LogP contribution in [0.4, 0.5) is 11.9 Å². The Labute approximate surface area is 313 Å². The van der Waals surface area contributed by atoms with Gasteiger partial charge in [0.2, 0.25) is 23.4 Å². The Bertz CT molecular complexity index is 2490. The number of imidazole rings is 2. The summed E-state index contributed by atoms with van der Waals surface area (Å²) in [5.41, 5.74) is 8.77. The number of allylic oxidation sites excluding steroid dienone is 2. The van der Waals surface area contributed by atoms with Crippen LogP contribution < -0.4 is 25.8 Å². The number of aromatic nitrogens is 6. The van der Waals surface area contributed by atoms with E-state index in [2.05, 4.69) is 25.6 Å². The molecule has 0 bridgehead atoms. The lowest BCUT2D eigenvalue weighted by molar-refractivity contribution is 0.0696. The molecule has 286 valence electrons. The number of hydrogen-bond acceptors (Lipinski definition) is 13. The molecule has 7 rings (SSSR count). The quantitative estimate of drug-likeness (QED) is 0.105. The largest absolute Gasteiger partial charge is 0.491 e. The molecule has 0 radical (unpaired) electrons. The van der Waals surface area contributed by atoms with Crippen molar-refractivity contribution in [2.75, 3.05) is 23.8 Å². The normalized spacial score (nSPS) is 14.4. The Balaban J connectivity index is 1.32. The van der Waals surface area contributed by atoms with E-state index in [1.807, 2.05) is 26.0 Å². The fraction of sp³-hybridized carbons (Fsp3) is 0.324. The molecule has 2 amide bonds. The van der Waals surface area contributed by atoms with Crippen LogP contribution in [0.2, 0.25) is 0 Å².